The van der Waals surface area contributed by atoms with Gasteiger partial charge in [-0.05, 0) is 35.4 Å². The summed E-state index contributed by atoms with van der Waals surface area (Å²) in [6.07, 6.45) is 4.96. The Labute approximate surface area is 161 Å². The monoisotopic (exact) mass is 369 g/mol. The quantitative estimate of drug-likeness (QED) is 0.537. The molecule has 28 heavy (non-hydrogen) atoms. The molecule has 0 saturated heterocycles. The first-order valence-corrected chi connectivity index (χ1v) is 9.29. The van der Waals surface area contributed by atoms with Gasteiger partial charge in [0, 0.05) is 18.4 Å². The first kappa shape index (κ1) is 16.5. The number of rotatable bonds is 4. The van der Waals surface area contributed by atoms with E-state index in [4.69, 9.17) is 5.73 Å². The van der Waals surface area contributed by atoms with Crippen LogP contribution in [-0.4, -0.2) is 25.5 Å². The van der Waals surface area contributed by atoms with Crippen molar-refractivity contribution in [1.29, 1.82) is 0 Å². The van der Waals surface area contributed by atoms with Crippen LogP contribution in [0.3, 0.4) is 0 Å². The Kier molecular flexibility index (Phi) is 3.65. The zero-order valence-electron chi connectivity index (χ0n) is 15.4. The Balaban J connectivity index is 1.49. The van der Waals surface area contributed by atoms with Gasteiger partial charge in [-0.1, -0.05) is 31.2 Å². The first-order valence-electron chi connectivity index (χ1n) is 9.29. The standard InChI is InChI=1S/C22H19N5O/c1-2-20-25-18-8-7-16(11-19(18)26-20)27-22(23)17(12-24-27)21(28)15-9-13-5-3-4-6-14(13)10-15/h3-9,11-12H,2,10,23H2,1H3,(H,25,26). The lowest BCUT2D eigenvalue weighted by Gasteiger charge is -2.05. The van der Waals surface area contributed by atoms with E-state index in [1.54, 1.807) is 10.9 Å². The lowest BCUT2D eigenvalue weighted by molar-refractivity contribution is 0.103. The van der Waals surface area contributed by atoms with Crippen molar-refractivity contribution in [3.05, 3.63) is 76.7 Å². The van der Waals surface area contributed by atoms with E-state index in [9.17, 15) is 4.79 Å². The molecule has 2 aromatic carbocycles. The van der Waals surface area contributed by atoms with Crippen molar-refractivity contribution in [3.63, 3.8) is 0 Å². The van der Waals surface area contributed by atoms with E-state index in [0.29, 0.717) is 17.8 Å². The Bertz CT molecular complexity index is 1260. The second kappa shape index (κ2) is 6.20. The van der Waals surface area contributed by atoms with E-state index in [-0.39, 0.29) is 5.78 Å². The summed E-state index contributed by atoms with van der Waals surface area (Å²) in [4.78, 5) is 20.8. The summed E-state index contributed by atoms with van der Waals surface area (Å²) in [5.41, 5.74) is 12.3. The molecule has 0 bridgehead atoms. The van der Waals surface area contributed by atoms with Crippen LogP contribution in [0.4, 0.5) is 5.82 Å². The van der Waals surface area contributed by atoms with Crippen molar-refractivity contribution in [2.24, 2.45) is 0 Å². The predicted molar refractivity (Wildman–Crippen MR) is 109 cm³/mol. The number of nitrogens with zero attached hydrogens (tertiary/aromatic N) is 3. The van der Waals surface area contributed by atoms with Crippen LogP contribution < -0.4 is 5.73 Å². The highest BCUT2D eigenvalue weighted by Gasteiger charge is 2.23. The maximum Gasteiger partial charge on any atom is 0.194 e. The number of H-pyrrole nitrogens is 1. The van der Waals surface area contributed by atoms with Crippen molar-refractivity contribution in [2.45, 2.75) is 19.8 Å². The van der Waals surface area contributed by atoms with Gasteiger partial charge in [-0.15, -0.1) is 0 Å². The molecular formula is C22H19N5O. The lowest BCUT2D eigenvalue weighted by Crippen LogP contribution is -2.08. The predicted octanol–water partition coefficient (Wildman–Crippen LogP) is 3.72. The Morgan fingerprint density at radius 2 is 2.11 bits per heavy atom. The molecule has 0 radical (unpaired) electrons. The number of ketones is 1. The van der Waals surface area contributed by atoms with Gasteiger partial charge < -0.3 is 10.7 Å². The maximum absolute atomic E-state index is 13.0. The lowest BCUT2D eigenvalue weighted by atomic mass is 10.0. The van der Waals surface area contributed by atoms with Crippen LogP contribution in [0.25, 0.3) is 22.8 Å². The molecular weight excluding hydrogens is 350 g/mol. The van der Waals surface area contributed by atoms with Crippen molar-refractivity contribution in [3.8, 4) is 5.69 Å². The molecule has 0 spiro atoms. The second-order valence-corrected chi connectivity index (χ2v) is 6.97. The van der Waals surface area contributed by atoms with Gasteiger partial charge in [0.25, 0.3) is 0 Å². The number of allylic oxidation sites excluding steroid dienone is 1. The molecule has 0 atom stereocenters. The van der Waals surface area contributed by atoms with Gasteiger partial charge in [0.1, 0.15) is 11.6 Å². The smallest absolute Gasteiger partial charge is 0.194 e. The summed E-state index contributed by atoms with van der Waals surface area (Å²) in [6, 6.07) is 13.8. The van der Waals surface area contributed by atoms with Gasteiger partial charge in [0.15, 0.2) is 5.78 Å². The number of fused-ring (bicyclic) bond motifs is 2. The number of carbonyl (C=O) groups is 1. The number of carbonyl (C=O) groups excluding carboxylic acids is 1. The molecule has 1 aliphatic carbocycles. The number of hydrogen-bond donors (Lipinski definition) is 2. The van der Waals surface area contributed by atoms with Crippen molar-refractivity contribution < 1.29 is 4.79 Å². The average Bonchev–Trinajstić information content (AvgIpc) is 3.42. The number of hydrogen-bond acceptors (Lipinski definition) is 4. The molecule has 2 aromatic heterocycles. The minimum absolute atomic E-state index is 0.0733. The molecule has 0 amide bonds. The number of Topliss-reactive ketones (excluding diaryl/α,β-unsaturated/α-hetero) is 1. The number of benzene rings is 2. The zero-order valence-corrected chi connectivity index (χ0v) is 15.4. The Hall–Kier alpha value is -3.67. The van der Waals surface area contributed by atoms with Crippen LogP contribution in [0, 0.1) is 0 Å². The molecule has 0 fully saturated rings. The Morgan fingerprint density at radius 1 is 1.25 bits per heavy atom. The summed E-state index contributed by atoms with van der Waals surface area (Å²) < 4.78 is 1.60. The van der Waals surface area contributed by atoms with E-state index >= 15 is 0 Å². The minimum atomic E-state index is -0.0733. The fourth-order valence-electron chi connectivity index (χ4n) is 3.69. The molecule has 3 N–H and O–H groups in total. The van der Waals surface area contributed by atoms with E-state index in [0.717, 1.165) is 45.7 Å². The molecule has 6 heteroatoms. The summed E-state index contributed by atoms with van der Waals surface area (Å²) in [5.74, 6) is 1.21. The van der Waals surface area contributed by atoms with Crippen LogP contribution in [0.5, 0.6) is 0 Å². The van der Waals surface area contributed by atoms with Crippen LogP contribution in [0.1, 0.15) is 34.2 Å². The third kappa shape index (κ3) is 2.53. The number of imidazole rings is 1. The van der Waals surface area contributed by atoms with Gasteiger partial charge >= 0.3 is 0 Å². The molecule has 138 valence electrons. The highest BCUT2D eigenvalue weighted by Crippen LogP contribution is 2.29. The molecule has 4 aromatic rings. The molecule has 6 nitrogen and oxygen atoms in total. The molecule has 1 aliphatic rings. The number of nitrogen functional groups attached to an aromatic ring is 1. The highest BCUT2D eigenvalue weighted by molar-refractivity contribution is 6.15. The second-order valence-electron chi connectivity index (χ2n) is 6.97. The van der Waals surface area contributed by atoms with Gasteiger partial charge in [-0.2, -0.15) is 5.10 Å². The maximum atomic E-state index is 13.0. The molecule has 0 unspecified atom stereocenters. The normalized spacial score (nSPS) is 13.0. The Morgan fingerprint density at radius 3 is 2.93 bits per heavy atom. The van der Waals surface area contributed by atoms with Crippen molar-refractivity contribution in [1.82, 2.24) is 19.7 Å². The molecule has 0 aliphatic heterocycles. The van der Waals surface area contributed by atoms with Gasteiger partial charge in [-0.3, -0.25) is 4.79 Å². The summed E-state index contributed by atoms with van der Waals surface area (Å²) in [5, 5.41) is 4.37. The highest BCUT2D eigenvalue weighted by atomic mass is 16.1. The van der Waals surface area contributed by atoms with Crippen LogP contribution in [0.15, 0.2) is 54.2 Å². The summed E-state index contributed by atoms with van der Waals surface area (Å²) >= 11 is 0. The van der Waals surface area contributed by atoms with E-state index in [1.165, 1.54) is 0 Å². The van der Waals surface area contributed by atoms with Crippen LogP contribution >= 0.6 is 0 Å². The van der Waals surface area contributed by atoms with Gasteiger partial charge in [0.2, 0.25) is 0 Å². The zero-order chi connectivity index (χ0) is 19.3. The number of aryl methyl sites for hydroxylation is 1. The molecule has 2 heterocycles. The third-order valence-electron chi connectivity index (χ3n) is 5.20. The van der Waals surface area contributed by atoms with Crippen molar-refractivity contribution >= 4 is 28.7 Å². The van der Waals surface area contributed by atoms with Gasteiger partial charge in [0.05, 0.1) is 28.5 Å². The molecule has 5 rings (SSSR count). The topological polar surface area (TPSA) is 89.6 Å². The fraction of sp³-hybridized carbons (Fsp3) is 0.136. The number of nitrogens with two attached hydrogens (primary N) is 1. The van der Waals surface area contributed by atoms with Crippen molar-refractivity contribution in [2.75, 3.05) is 5.73 Å². The van der Waals surface area contributed by atoms with E-state index in [2.05, 4.69) is 22.0 Å². The van der Waals surface area contributed by atoms with E-state index in [1.807, 2.05) is 48.5 Å². The number of nitrogens with one attached hydrogen (secondary N) is 1. The number of aromatic amines is 1. The third-order valence-corrected chi connectivity index (χ3v) is 5.20. The van der Waals surface area contributed by atoms with Crippen LogP contribution in [-0.2, 0) is 12.8 Å². The summed E-state index contributed by atoms with van der Waals surface area (Å²) in [7, 11) is 0. The number of anilines is 1. The number of aromatic nitrogens is 4. The first-order chi connectivity index (χ1) is 13.6. The largest absolute Gasteiger partial charge is 0.383 e. The SMILES string of the molecule is CCc1nc2ccc(-n3ncc(C(=O)C4=Cc5ccccc5C4)c3N)cc2[nH]1. The molecule has 0 saturated carbocycles. The summed E-state index contributed by atoms with van der Waals surface area (Å²) in [6.45, 7) is 2.05. The average molecular weight is 369 g/mol. The van der Waals surface area contributed by atoms with Crippen LogP contribution in [0.2, 0.25) is 0 Å². The minimum Gasteiger partial charge on any atom is -0.383 e. The van der Waals surface area contributed by atoms with Gasteiger partial charge in [-0.25, -0.2) is 9.67 Å². The fourth-order valence-corrected chi connectivity index (χ4v) is 3.69. The van der Waals surface area contributed by atoms with E-state index < -0.39 is 0 Å².